The van der Waals surface area contributed by atoms with E-state index in [-0.39, 0.29) is 11.3 Å². The van der Waals surface area contributed by atoms with Crippen LogP contribution in [0, 0.1) is 11.3 Å². The minimum absolute atomic E-state index is 0.0749. The second-order valence-corrected chi connectivity index (χ2v) is 7.10. The van der Waals surface area contributed by atoms with Crippen LogP contribution < -0.4 is 5.73 Å². The van der Waals surface area contributed by atoms with E-state index in [1.807, 2.05) is 17.0 Å². The number of rotatable bonds is 1. The third-order valence-corrected chi connectivity index (χ3v) is 4.84. The minimum Gasteiger partial charge on any atom is -0.398 e. The molecule has 3 nitrogen and oxygen atoms in total. The van der Waals surface area contributed by atoms with Gasteiger partial charge in [-0.1, -0.05) is 26.8 Å². The van der Waals surface area contributed by atoms with E-state index in [0.29, 0.717) is 21.6 Å². The zero-order chi connectivity index (χ0) is 14.2. The molecule has 1 amide bonds. The van der Waals surface area contributed by atoms with Gasteiger partial charge in [-0.3, -0.25) is 4.79 Å². The highest BCUT2D eigenvalue weighted by atomic mass is 79.9. The predicted octanol–water partition coefficient (Wildman–Crippen LogP) is 3.54. The number of nitrogens with zero attached hydrogens (tertiary/aromatic N) is 1. The number of halogens is 1. The number of benzene rings is 1. The molecule has 0 aromatic heterocycles. The maximum atomic E-state index is 12.5. The fourth-order valence-corrected chi connectivity index (χ4v) is 2.97. The first-order chi connectivity index (χ1) is 8.80. The normalized spacial score (nSPS) is 19.8. The fourth-order valence-electron chi connectivity index (χ4n) is 2.54. The summed E-state index contributed by atoms with van der Waals surface area (Å²) in [7, 11) is 0. The van der Waals surface area contributed by atoms with Gasteiger partial charge in [-0.2, -0.15) is 0 Å². The van der Waals surface area contributed by atoms with E-state index in [2.05, 4.69) is 36.7 Å². The van der Waals surface area contributed by atoms with E-state index in [1.54, 1.807) is 6.07 Å². The van der Waals surface area contributed by atoms with E-state index in [1.165, 1.54) is 0 Å². The van der Waals surface area contributed by atoms with Crippen LogP contribution in [0.5, 0.6) is 0 Å². The monoisotopic (exact) mass is 324 g/mol. The second kappa shape index (κ2) is 5.16. The number of carbonyl (C=O) groups excluding carboxylic acids is 1. The summed E-state index contributed by atoms with van der Waals surface area (Å²) >= 11 is 3.41. The van der Waals surface area contributed by atoms with E-state index < -0.39 is 0 Å². The first-order valence-corrected chi connectivity index (χ1v) is 7.43. The zero-order valence-electron chi connectivity index (χ0n) is 11.7. The lowest BCUT2D eigenvalue weighted by molar-refractivity contribution is 0.0775. The first kappa shape index (κ1) is 14.4. The van der Waals surface area contributed by atoms with Gasteiger partial charge in [0.2, 0.25) is 0 Å². The molecule has 1 aromatic carbocycles. The van der Waals surface area contributed by atoms with Crippen LogP contribution in [0.3, 0.4) is 0 Å². The molecule has 104 valence electrons. The molecule has 4 heteroatoms. The molecule has 1 fully saturated rings. The molecule has 19 heavy (non-hydrogen) atoms. The highest BCUT2D eigenvalue weighted by Crippen LogP contribution is 2.35. The lowest BCUT2D eigenvalue weighted by Crippen LogP contribution is -2.31. The molecule has 1 heterocycles. The first-order valence-electron chi connectivity index (χ1n) is 6.64. The van der Waals surface area contributed by atoms with E-state index in [9.17, 15) is 4.79 Å². The molecule has 0 bridgehead atoms. The van der Waals surface area contributed by atoms with Crippen LogP contribution in [0.15, 0.2) is 22.7 Å². The summed E-state index contributed by atoms with van der Waals surface area (Å²) in [6.45, 7) is 8.39. The molecule has 2 rings (SSSR count). The van der Waals surface area contributed by atoms with Gasteiger partial charge in [-0.05, 0) is 45.8 Å². The summed E-state index contributed by atoms with van der Waals surface area (Å²) in [5.41, 5.74) is 7.36. The molecule has 0 saturated carbocycles. The van der Waals surface area contributed by atoms with Crippen molar-refractivity contribution in [1.29, 1.82) is 0 Å². The SMILES string of the molecule is CC(C)(C)C1CCN(C(=O)c2cccc(N)c2Br)C1. The van der Waals surface area contributed by atoms with Crippen molar-refractivity contribution in [2.24, 2.45) is 11.3 Å². The summed E-state index contributed by atoms with van der Waals surface area (Å²) < 4.78 is 0.708. The van der Waals surface area contributed by atoms with Gasteiger partial charge in [-0.25, -0.2) is 0 Å². The number of hydrogen-bond acceptors (Lipinski definition) is 2. The van der Waals surface area contributed by atoms with Crippen molar-refractivity contribution < 1.29 is 4.79 Å². The maximum absolute atomic E-state index is 12.5. The average Bonchev–Trinajstić information content (AvgIpc) is 2.81. The Balaban J connectivity index is 2.16. The molecule has 0 aliphatic carbocycles. The fraction of sp³-hybridized carbons (Fsp3) is 0.533. The van der Waals surface area contributed by atoms with Gasteiger partial charge in [0.1, 0.15) is 0 Å². The van der Waals surface area contributed by atoms with Crippen molar-refractivity contribution in [3.05, 3.63) is 28.2 Å². The molecular weight excluding hydrogens is 304 g/mol. The van der Waals surface area contributed by atoms with E-state index in [0.717, 1.165) is 19.5 Å². The second-order valence-electron chi connectivity index (χ2n) is 6.31. The Morgan fingerprint density at radius 1 is 1.42 bits per heavy atom. The van der Waals surface area contributed by atoms with Gasteiger partial charge >= 0.3 is 0 Å². The molecule has 1 unspecified atom stereocenters. The van der Waals surface area contributed by atoms with Gasteiger partial charge in [0, 0.05) is 18.8 Å². The van der Waals surface area contributed by atoms with E-state index >= 15 is 0 Å². The minimum atomic E-state index is 0.0749. The summed E-state index contributed by atoms with van der Waals surface area (Å²) in [5.74, 6) is 0.641. The third kappa shape index (κ3) is 2.94. The number of amides is 1. The van der Waals surface area contributed by atoms with Gasteiger partial charge in [0.05, 0.1) is 10.0 Å². The number of nitrogen functional groups attached to an aromatic ring is 1. The number of carbonyl (C=O) groups is 1. The molecular formula is C15H21BrN2O. The van der Waals surface area contributed by atoms with Crippen LogP contribution in [0.4, 0.5) is 5.69 Å². The topological polar surface area (TPSA) is 46.3 Å². The lowest BCUT2D eigenvalue weighted by Gasteiger charge is -2.27. The van der Waals surface area contributed by atoms with Crippen molar-refractivity contribution in [1.82, 2.24) is 4.90 Å². The van der Waals surface area contributed by atoms with Crippen LogP contribution in [-0.2, 0) is 0 Å². The Labute approximate surface area is 123 Å². The molecule has 1 atom stereocenters. The summed E-state index contributed by atoms with van der Waals surface area (Å²) in [6, 6.07) is 5.45. The van der Waals surface area contributed by atoms with Crippen molar-refractivity contribution in [3.63, 3.8) is 0 Å². The number of likely N-dealkylation sites (tertiary alicyclic amines) is 1. The van der Waals surface area contributed by atoms with Crippen molar-refractivity contribution in [2.75, 3.05) is 18.8 Å². The Hall–Kier alpha value is -1.03. The molecule has 1 aliphatic heterocycles. The summed E-state index contributed by atoms with van der Waals surface area (Å²) in [4.78, 5) is 14.5. The number of anilines is 1. The summed E-state index contributed by atoms with van der Waals surface area (Å²) in [5, 5.41) is 0. The van der Waals surface area contributed by atoms with Gasteiger partial charge in [-0.15, -0.1) is 0 Å². The van der Waals surface area contributed by atoms with Crippen LogP contribution in [0.25, 0.3) is 0 Å². The molecule has 2 N–H and O–H groups in total. The third-order valence-electron chi connectivity index (χ3n) is 3.96. The standard InChI is InChI=1S/C15H21BrN2O/c1-15(2,3)10-7-8-18(9-10)14(19)11-5-4-6-12(17)13(11)16/h4-6,10H,7-9,17H2,1-3H3. The average molecular weight is 325 g/mol. The van der Waals surface area contributed by atoms with Crippen LogP contribution >= 0.6 is 15.9 Å². The van der Waals surface area contributed by atoms with Crippen molar-refractivity contribution in [3.8, 4) is 0 Å². The maximum Gasteiger partial charge on any atom is 0.255 e. The molecule has 1 aliphatic rings. The quantitative estimate of drug-likeness (QED) is 0.803. The Kier molecular flexibility index (Phi) is 3.90. The summed E-state index contributed by atoms with van der Waals surface area (Å²) in [6.07, 6.45) is 1.08. The predicted molar refractivity (Wildman–Crippen MR) is 82.0 cm³/mol. The van der Waals surface area contributed by atoms with Crippen molar-refractivity contribution >= 4 is 27.5 Å². The zero-order valence-corrected chi connectivity index (χ0v) is 13.3. The lowest BCUT2D eigenvalue weighted by atomic mass is 9.80. The molecule has 1 aromatic rings. The smallest absolute Gasteiger partial charge is 0.255 e. The Morgan fingerprint density at radius 2 is 2.11 bits per heavy atom. The molecule has 0 spiro atoms. The van der Waals surface area contributed by atoms with Gasteiger partial charge < -0.3 is 10.6 Å². The van der Waals surface area contributed by atoms with Gasteiger partial charge in [0.25, 0.3) is 5.91 Å². The van der Waals surface area contributed by atoms with Crippen LogP contribution in [0.2, 0.25) is 0 Å². The van der Waals surface area contributed by atoms with E-state index in [4.69, 9.17) is 5.73 Å². The van der Waals surface area contributed by atoms with Crippen molar-refractivity contribution in [2.45, 2.75) is 27.2 Å². The highest BCUT2D eigenvalue weighted by Gasteiger charge is 2.34. The number of nitrogens with two attached hydrogens (primary N) is 1. The molecule has 0 radical (unpaired) electrons. The van der Waals surface area contributed by atoms with Crippen LogP contribution in [0.1, 0.15) is 37.6 Å². The van der Waals surface area contributed by atoms with Crippen LogP contribution in [-0.4, -0.2) is 23.9 Å². The Bertz CT molecular complexity index is 493. The largest absolute Gasteiger partial charge is 0.398 e. The molecule has 1 saturated heterocycles. The van der Waals surface area contributed by atoms with Gasteiger partial charge in [0.15, 0.2) is 0 Å². The highest BCUT2D eigenvalue weighted by molar-refractivity contribution is 9.10. The Morgan fingerprint density at radius 3 is 2.68 bits per heavy atom. The number of hydrogen-bond donors (Lipinski definition) is 1.